The lowest BCUT2D eigenvalue weighted by Gasteiger charge is -2.15. The smallest absolute Gasteiger partial charge is 0.326 e. The summed E-state index contributed by atoms with van der Waals surface area (Å²) in [5.74, 6) is -2.70. The Morgan fingerprint density at radius 3 is 2.13 bits per heavy atom. The predicted octanol–water partition coefficient (Wildman–Crippen LogP) is 2.32. The minimum absolute atomic E-state index is 0.0397. The molecule has 0 bridgehead atoms. The molecule has 0 heterocycles. The number of nitrogens with one attached hydrogen (secondary N) is 1. The second kappa shape index (κ2) is 7.49. The number of rotatable bonds is 6. The van der Waals surface area contributed by atoms with Crippen LogP contribution in [0.15, 0.2) is 48.5 Å². The molecule has 0 aliphatic heterocycles. The summed E-state index contributed by atoms with van der Waals surface area (Å²) >= 11 is 0. The molecule has 1 amide bonds. The van der Waals surface area contributed by atoms with Crippen molar-refractivity contribution in [3.63, 3.8) is 0 Å². The van der Waals surface area contributed by atoms with Gasteiger partial charge in [-0.25, -0.2) is 13.6 Å². The van der Waals surface area contributed by atoms with E-state index < -0.39 is 29.6 Å². The molecule has 23 heavy (non-hydrogen) atoms. The summed E-state index contributed by atoms with van der Waals surface area (Å²) in [5, 5.41) is 11.6. The molecule has 0 aliphatic rings. The lowest BCUT2D eigenvalue weighted by atomic mass is 10.1. The second-order valence-electron chi connectivity index (χ2n) is 5.10. The van der Waals surface area contributed by atoms with Crippen LogP contribution in [0, 0.1) is 11.6 Å². The topological polar surface area (TPSA) is 66.4 Å². The largest absolute Gasteiger partial charge is 0.480 e. The number of benzene rings is 2. The average molecular weight is 319 g/mol. The third-order valence-electron chi connectivity index (χ3n) is 3.22. The first kappa shape index (κ1) is 16.6. The molecule has 0 saturated carbocycles. The SMILES string of the molecule is O=C(Cc1cccc(F)c1)N[C@H](Cc1cccc(F)c1)C(=O)O. The van der Waals surface area contributed by atoms with Crippen LogP contribution in [-0.2, 0) is 22.4 Å². The predicted molar refractivity (Wildman–Crippen MR) is 79.8 cm³/mol. The summed E-state index contributed by atoms with van der Waals surface area (Å²) in [5.41, 5.74) is 0.904. The molecule has 0 aliphatic carbocycles. The van der Waals surface area contributed by atoms with Crippen molar-refractivity contribution in [2.45, 2.75) is 18.9 Å². The third-order valence-corrected chi connectivity index (χ3v) is 3.22. The fourth-order valence-electron chi connectivity index (χ4n) is 2.18. The zero-order valence-corrected chi connectivity index (χ0v) is 12.1. The highest BCUT2D eigenvalue weighted by Crippen LogP contribution is 2.08. The Labute approximate surface area is 131 Å². The van der Waals surface area contributed by atoms with E-state index in [-0.39, 0.29) is 12.8 Å². The highest BCUT2D eigenvalue weighted by molar-refractivity contribution is 5.85. The molecule has 1 atom stereocenters. The highest BCUT2D eigenvalue weighted by Gasteiger charge is 2.20. The lowest BCUT2D eigenvalue weighted by molar-refractivity contribution is -0.141. The Bertz CT molecular complexity index is 718. The number of hydrogen-bond acceptors (Lipinski definition) is 2. The Morgan fingerprint density at radius 1 is 1.00 bits per heavy atom. The van der Waals surface area contributed by atoms with Crippen LogP contribution in [0.25, 0.3) is 0 Å². The molecule has 2 aromatic rings. The maximum absolute atomic E-state index is 13.1. The van der Waals surface area contributed by atoms with Crippen molar-refractivity contribution >= 4 is 11.9 Å². The van der Waals surface area contributed by atoms with Gasteiger partial charge in [-0.15, -0.1) is 0 Å². The molecule has 0 spiro atoms. The highest BCUT2D eigenvalue weighted by atomic mass is 19.1. The van der Waals surface area contributed by atoms with Gasteiger partial charge in [0.1, 0.15) is 17.7 Å². The normalized spacial score (nSPS) is 11.7. The Morgan fingerprint density at radius 2 is 1.57 bits per heavy atom. The maximum Gasteiger partial charge on any atom is 0.326 e. The summed E-state index contributed by atoms with van der Waals surface area (Å²) in [6.45, 7) is 0. The van der Waals surface area contributed by atoms with Crippen LogP contribution < -0.4 is 5.32 Å². The van der Waals surface area contributed by atoms with Gasteiger partial charge in [-0.05, 0) is 35.4 Å². The Hall–Kier alpha value is -2.76. The first-order valence-electron chi connectivity index (χ1n) is 6.95. The second-order valence-corrected chi connectivity index (χ2v) is 5.10. The number of halogens is 2. The van der Waals surface area contributed by atoms with E-state index >= 15 is 0 Å². The molecule has 120 valence electrons. The van der Waals surface area contributed by atoms with Gasteiger partial charge in [0.25, 0.3) is 0 Å². The van der Waals surface area contributed by atoms with Gasteiger partial charge in [0.2, 0.25) is 5.91 Å². The van der Waals surface area contributed by atoms with E-state index in [0.717, 1.165) is 0 Å². The zero-order chi connectivity index (χ0) is 16.8. The van der Waals surface area contributed by atoms with Crippen LogP contribution in [0.3, 0.4) is 0 Å². The summed E-state index contributed by atoms with van der Waals surface area (Å²) < 4.78 is 26.2. The molecule has 0 radical (unpaired) electrons. The summed E-state index contributed by atoms with van der Waals surface area (Å²) in [7, 11) is 0. The number of carboxylic acids is 1. The van der Waals surface area contributed by atoms with E-state index in [1.807, 2.05) is 0 Å². The number of hydrogen-bond donors (Lipinski definition) is 2. The van der Waals surface area contributed by atoms with Crippen molar-refractivity contribution in [2.75, 3.05) is 0 Å². The van der Waals surface area contributed by atoms with E-state index in [2.05, 4.69) is 5.32 Å². The third kappa shape index (κ3) is 5.18. The van der Waals surface area contributed by atoms with Crippen molar-refractivity contribution in [1.29, 1.82) is 0 Å². The van der Waals surface area contributed by atoms with Gasteiger partial charge < -0.3 is 10.4 Å². The minimum atomic E-state index is -1.22. The summed E-state index contributed by atoms with van der Waals surface area (Å²) in [6.07, 6.45) is -0.174. The van der Waals surface area contributed by atoms with E-state index in [9.17, 15) is 23.5 Å². The number of carbonyl (C=O) groups is 2. The van der Waals surface area contributed by atoms with E-state index in [1.165, 1.54) is 36.4 Å². The van der Waals surface area contributed by atoms with Crippen molar-refractivity contribution in [3.05, 3.63) is 71.3 Å². The van der Waals surface area contributed by atoms with Crippen molar-refractivity contribution in [1.82, 2.24) is 5.32 Å². The van der Waals surface area contributed by atoms with E-state index in [4.69, 9.17) is 0 Å². The standard InChI is InChI=1S/C17H15F2NO3/c18-13-5-1-3-11(7-13)9-15(17(22)23)20-16(21)10-12-4-2-6-14(19)8-12/h1-8,15H,9-10H2,(H,20,21)(H,22,23)/t15-/m1/s1. The fourth-order valence-corrected chi connectivity index (χ4v) is 2.18. The van der Waals surface area contributed by atoms with Crippen molar-refractivity contribution < 1.29 is 23.5 Å². The van der Waals surface area contributed by atoms with Gasteiger partial charge in [-0.1, -0.05) is 24.3 Å². The van der Waals surface area contributed by atoms with Gasteiger partial charge in [-0.3, -0.25) is 4.79 Å². The van der Waals surface area contributed by atoms with Gasteiger partial charge in [0.15, 0.2) is 0 Å². The molecule has 0 unspecified atom stereocenters. The van der Waals surface area contributed by atoms with Gasteiger partial charge in [-0.2, -0.15) is 0 Å². The van der Waals surface area contributed by atoms with Gasteiger partial charge >= 0.3 is 5.97 Å². The van der Waals surface area contributed by atoms with Gasteiger partial charge in [0, 0.05) is 6.42 Å². The summed E-state index contributed by atoms with van der Waals surface area (Å²) in [4.78, 5) is 23.2. The maximum atomic E-state index is 13.1. The fraction of sp³-hybridized carbons (Fsp3) is 0.176. The zero-order valence-electron chi connectivity index (χ0n) is 12.1. The van der Waals surface area contributed by atoms with Crippen LogP contribution >= 0.6 is 0 Å². The molecule has 0 fully saturated rings. The van der Waals surface area contributed by atoms with Crippen LogP contribution in [0.2, 0.25) is 0 Å². The average Bonchev–Trinajstić information content (AvgIpc) is 2.46. The number of carboxylic acid groups (broad SMARTS) is 1. The summed E-state index contributed by atoms with van der Waals surface area (Å²) in [6, 6.07) is 9.85. The quantitative estimate of drug-likeness (QED) is 0.859. The first-order chi connectivity index (χ1) is 10.9. The number of amides is 1. The molecule has 4 nitrogen and oxygen atoms in total. The Kier molecular flexibility index (Phi) is 5.41. The first-order valence-corrected chi connectivity index (χ1v) is 6.95. The monoisotopic (exact) mass is 319 g/mol. The lowest BCUT2D eigenvalue weighted by Crippen LogP contribution is -2.43. The van der Waals surface area contributed by atoms with Crippen molar-refractivity contribution in [2.24, 2.45) is 0 Å². The van der Waals surface area contributed by atoms with Crippen LogP contribution in [0.5, 0.6) is 0 Å². The molecular weight excluding hydrogens is 304 g/mol. The molecule has 2 rings (SSSR count). The molecular formula is C17H15F2NO3. The van der Waals surface area contributed by atoms with Crippen LogP contribution in [-0.4, -0.2) is 23.0 Å². The van der Waals surface area contributed by atoms with Crippen LogP contribution in [0.1, 0.15) is 11.1 Å². The molecule has 2 N–H and O–H groups in total. The minimum Gasteiger partial charge on any atom is -0.480 e. The number of carbonyl (C=O) groups excluding carboxylic acids is 1. The molecule has 6 heteroatoms. The van der Waals surface area contributed by atoms with E-state index in [1.54, 1.807) is 12.1 Å². The van der Waals surface area contributed by atoms with E-state index in [0.29, 0.717) is 11.1 Å². The number of aliphatic carboxylic acids is 1. The molecule has 0 saturated heterocycles. The van der Waals surface area contributed by atoms with Gasteiger partial charge in [0.05, 0.1) is 6.42 Å². The van der Waals surface area contributed by atoms with Crippen molar-refractivity contribution in [3.8, 4) is 0 Å². The molecule has 0 aromatic heterocycles. The van der Waals surface area contributed by atoms with Crippen LogP contribution in [0.4, 0.5) is 8.78 Å². The Balaban J connectivity index is 2.01. The molecule has 2 aromatic carbocycles.